The Hall–Kier alpha value is -4.00. The maximum atomic E-state index is 13.3. The lowest BCUT2D eigenvalue weighted by molar-refractivity contribution is -0.308. The Kier molecular flexibility index (Phi) is 7.70. The zero-order chi connectivity index (χ0) is 22.9. The van der Waals surface area contributed by atoms with E-state index in [1.807, 2.05) is 0 Å². The second-order valence-electron chi connectivity index (χ2n) is 7.29. The summed E-state index contributed by atoms with van der Waals surface area (Å²) < 4.78 is 13.3. The van der Waals surface area contributed by atoms with Crippen LogP contribution in [0.2, 0.25) is 0 Å². The van der Waals surface area contributed by atoms with Crippen molar-refractivity contribution in [2.45, 2.75) is 24.9 Å². The molecule has 2 N–H and O–H groups in total. The van der Waals surface area contributed by atoms with Crippen LogP contribution in [-0.2, 0) is 22.4 Å². The average Bonchev–Trinajstić information content (AvgIpc) is 2.80. The molecule has 0 aliphatic rings. The van der Waals surface area contributed by atoms with Crippen LogP contribution in [-0.4, -0.2) is 29.9 Å². The summed E-state index contributed by atoms with van der Waals surface area (Å²) in [7, 11) is 0. The van der Waals surface area contributed by atoms with Crippen LogP contribution in [0.15, 0.2) is 84.9 Å². The number of benzene rings is 3. The summed E-state index contributed by atoms with van der Waals surface area (Å²) >= 11 is 0. The lowest BCUT2D eigenvalue weighted by Crippen LogP contribution is -2.55. The summed E-state index contributed by atoms with van der Waals surface area (Å²) in [5.41, 5.74) is 1.67. The molecule has 2 amide bonds. The molecule has 0 radical (unpaired) electrons. The van der Waals surface area contributed by atoms with Crippen LogP contribution in [0.25, 0.3) is 0 Å². The molecule has 0 bridgehead atoms. The van der Waals surface area contributed by atoms with Crippen molar-refractivity contribution in [1.82, 2.24) is 10.6 Å². The summed E-state index contributed by atoms with van der Waals surface area (Å²) in [6.45, 7) is 0. The van der Waals surface area contributed by atoms with Gasteiger partial charge in [0, 0.05) is 12.0 Å². The number of carboxylic acid groups (broad SMARTS) is 1. The van der Waals surface area contributed by atoms with Crippen LogP contribution in [0, 0.1) is 5.82 Å². The monoisotopic (exact) mass is 433 g/mol. The molecule has 164 valence electrons. The molecule has 0 spiro atoms. The number of carbonyl (C=O) groups excluding carboxylic acids is 3. The predicted molar refractivity (Wildman–Crippen MR) is 115 cm³/mol. The highest BCUT2D eigenvalue weighted by Gasteiger charge is 2.25. The smallest absolute Gasteiger partial charge is 0.251 e. The first-order valence-electron chi connectivity index (χ1n) is 10.1. The molecule has 6 nitrogen and oxygen atoms in total. The first-order valence-corrected chi connectivity index (χ1v) is 10.1. The van der Waals surface area contributed by atoms with Crippen LogP contribution in [0.5, 0.6) is 0 Å². The Labute approximate surface area is 185 Å². The molecule has 7 heteroatoms. The van der Waals surface area contributed by atoms with E-state index in [1.54, 1.807) is 60.7 Å². The fraction of sp³-hybridized carbons (Fsp3) is 0.160. The van der Waals surface area contributed by atoms with E-state index in [0.717, 1.165) is 0 Å². The first-order chi connectivity index (χ1) is 15.4. The number of hydrogen-bond donors (Lipinski definition) is 2. The van der Waals surface area contributed by atoms with Gasteiger partial charge in [-0.1, -0.05) is 60.7 Å². The van der Waals surface area contributed by atoms with Crippen molar-refractivity contribution in [3.63, 3.8) is 0 Å². The van der Waals surface area contributed by atoms with Crippen LogP contribution in [0.3, 0.4) is 0 Å². The summed E-state index contributed by atoms with van der Waals surface area (Å²) in [5, 5.41) is 16.8. The Bertz CT molecular complexity index is 1060. The zero-order valence-corrected chi connectivity index (χ0v) is 17.2. The number of aliphatic carboxylic acids is 1. The van der Waals surface area contributed by atoms with Gasteiger partial charge in [0.1, 0.15) is 11.9 Å². The highest BCUT2D eigenvalue weighted by Crippen LogP contribution is 2.09. The van der Waals surface area contributed by atoms with Gasteiger partial charge in [0.25, 0.3) is 5.91 Å². The molecule has 0 heterocycles. The third-order valence-corrected chi connectivity index (χ3v) is 4.89. The van der Waals surface area contributed by atoms with Crippen molar-refractivity contribution in [1.29, 1.82) is 0 Å². The maximum Gasteiger partial charge on any atom is 0.251 e. The molecule has 0 saturated heterocycles. The Morgan fingerprint density at radius 2 is 1.25 bits per heavy atom. The Morgan fingerprint density at radius 1 is 0.719 bits per heavy atom. The topological polar surface area (TPSA) is 98.3 Å². The van der Waals surface area contributed by atoms with Crippen molar-refractivity contribution < 1.29 is 23.9 Å². The van der Waals surface area contributed by atoms with Gasteiger partial charge in [-0.05, 0) is 41.8 Å². The van der Waals surface area contributed by atoms with E-state index in [-0.39, 0.29) is 12.8 Å². The Balaban J connectivity index is 1.78. The molecule has 3 rings (SSSR count). The lowest BCUT2D eigenvalue weighted by atomic mass is 10.0. The molecule has 0 aliphatic carbocycles. The Morgan fingerprint density at radius 3 is 1.84 bits per heavy atom. The summed E-state index contributed by atoms with van der Waals surface area (Å²) in [6, 6.07) is 20.3. The molecule has 0 saturated carbocycles. The van der Waals surface area contributed by atoms with Crippen molar-refractivity contribution >= 4 is 17.8 Å². The van der Waals surface area contributed by atoms with Gasteiger partial charge < -0.3 is 20.5 Å². The van der Waals surface area contributed by atoms with Gasteiger partial charge in [0.2, 0.25) is 5.91 Å². The van der Waals surface area contributed by atoms with Crippen LogP contribution >= 0.6 is 0 Å². The lowest BCUT2D eigenvalue weighted by Gasteiger charge is -2.24. The number of halogens is 1. The van der Waals surface area contributed by atoms with Crippen molar-refractivity contribution in [3.8, 4) is 0 Å². The van der Waals surface area contributed by atoms with E-state index in [9.17, 15) is 23.9 Å². The standard InChI is InChI=1S/C25H23FN2O4/c26-20-13-11-18(12-14-20)15-21(27-23(29)19-9-5-2-6-10-19)24(30)28-22(25(31)32)16-17-7-3-1-4-8-17/h1-14,21-22H,15-16H2,(H,27,29)(H,28,30)(H,31,32)/p-1/t21-,22+/m1/s1. The number of hydrogen-bond acceptors (Lipinski definition) is 4. The van der Waals surface area contributed by atoms with Gasteiger partial charge in [0.05, 0.1) is 12.0 Å². The van der Waals surface area contributed by atoms with E-state index < -0.39 is 35.7 Å². The number of amides is 2. The normalized spacial score (nSPS) is 12.4. The maximum absolute atomic E-state index is 13.3. The van der Waals surface area contributed by atoms with Gasteiger partial charge in [-0.3, -0.25) is 9.59 Å². The van der Waals surface area contributed by atoms with Crippen molar-refractivity contribution in [2.75, 3.05) is 0 Å². The summed E-state index contributed by atoms with van der Waals surface area (Å²) in [5.74, 6) is -3.02. The molecule has 0 aliphatic heterocycles. The minimum absolute atomic E-state index is 0.0326. The molecule has 3 aromatic rings. The van der Waals surface area contributed by atoms with Crippen LogP contribution in [0.4, 0.5) is 4.39 Å². The van der Waals surface area contributed by atoms with Gasteiger partial charge in [-0.15, -0.1) is 0 Å². The third kappa shape index (κ3) is 6.50. The second-order valence-corrected chi connectivity index (χ2v) is 7.29. The third-order valence-electron chi connectivity index (χ3n) is 4.89. The molecule has 3 aromatic carbocycles. The molecule has 0 aromatic heterocycles. The number of carbonyl (C=O) groups is 3. The van der Waals surface area contributed by atoms with E-state index in [0.29, 0.717) is 16.7 Å². The van der Waals surface area contributed by atoms with E-state index in [2.05, 4.69) is 10.6 Å². The molecule has 0 fully saturated rings. The zero-order valence-electron chi connectivity index (χ0n) is 17.2. The van der Waals surface area contributed by atoms with Gasteiger partial charge in [-0.2, -0.15) is 0 Å². The molecule has 2 atom stereocenters. The number of nitrogens with one attached hydrogen (secondary N) is 2. The first kappa shape index (κ1) is 22.7. The quantitative estimate of drug-likeness (QED) is 0.536. The van der Waals surface area contributed by atoms with Gasteiger partial charge in [0.15, 0.2) is 0 Å². The molecular formula is C25H22FN2O4-. The van der Waals surface area contributed by atoms with Crippen molar-refractivity contribution in [3.05, 3.63) is 107 Å². The largest absolute Gasteiger partial charge is 0.548 e. The van der Waals surface area contributed by atoms with Crippen LogP contribution in [0.1, 0.15) is 21.5 Å². The van der Waals surface area contributed by atoms with Crippen molar-refractivity contribution in [2.24, 2.45) is 0 Å². The molecule has 32 heavy (non-hydrogen) atoms. The van der Waals surface area contributed by atoms with E-state index in [4.69, 9.17) is 0 Å². The molecule has 0 unspecified atom stereocenters. The minimum Gasteiger partial charge on any atom is -0.548 e. The predicted octanol–water partition coefficient (Wildman–Crippen LogP) is 1.64. The fourth-order valence-electron chi connectivity index (χ4n) is 3.21. The van der Waals surface area contributed by atoms with Crippen LogP contribution < -0.4 is 15.7 Å². The van der Waals surface area contributed by atoms with Gasteiger partial charge in [-0.25, -0.2) is 4.39 Å². The van der Waals surface area contributed by atoms with E-state index >= 15 is 0 Å². The van der Waals surface area contributed by atoms with E-state index in [1.165, 1.54) is 24.3 Å². The highest BCUT2D eigenvalue weighted by molar-refractivity contribution is 5.98. The fourth-order valence-corrected chi connectivity index (χ4v) is 3.21. The van der Waals surface area contributed by atoms with Gasteiger partial charge >= 0.3 is 0 Å². The minimum atomic E-state index is -1.43. The molecular weight excluding hydrogens is 411 g/mol. The summed E-state index contributed by atoms with van der Waals surface area (Å²) in [6.07, 6.45) is 0.0839. The highest BCUT2D eigenvalue weighted by atomic mass is 19.1. The second kappa shape index (κ2) is 10.9. The number of rotatable bonds is 9. The number of carboxylic acids is 1. The SMILES string of the molecule is O=C(N[C@H](Cc1ccc(F)cc1)C(=O)N[C@@H](Cc1ccccc1)C(=O)[O-])c1ccccc1. The summed E-state index contributed by atoms with van der Waals surface area (Å²) in [4.78, 5) is 37.3. The average molecular weight is 433 g/mol.